The van der Waals surface area contributed by atoms with Gasteiger partial charge >= 0.3 is 0 Å². The Hall–Kier alpha value is -1.69. The summed E-state index contributed by atoms with van der Waals surface area (Å²) in [6.45, 7) is 3.99. The van der Waals surface area contributed by atoms with Crippen molar-refractivity contribution in [1.82, 2.24) is 4.31 Å². The van der Waals surface area contributed by atoms with Gasteiger partial charge in [0.25, 0.3) is 10.0 Å². The highest BCUT2D eigenvalue weighted by molar-refractivity contribution is 7.89. The molecule has 1 amide bonds. The Balaban J connectivity index is 1.85. The quantitative estimate of drug-likeness (QED) is 0.748. The standard InChI is InChI=1S/C17H21NO4S/c1-3-4-5-15(19)17-10-13(17)11-18(16(17)20)23(21,22)14-8-6-12(2)7-9-14/h6-9,13H,3-5,10-11H2,1-2H3/t13-,17-/m0/s1. The molecule has 3 rings (SSSR count). The summed E-state index contributed by atoms with van der Waals surface area (Å²) in [4.78, 5) is 25.2. The molecular weight excluding hydrogens is 314 g/mol. The minimum atomic E-state index is -3.87. The van der Waals surface area contributed by atoms with Gasteiger partial charge in [0.05, 0.1) is 4.90 Å². The Bertz CT molecular complexity index is 753. The van der Waals surface area contributed by atoms with Crippen molar-refractivity contribution >= 4 is 21.7 Å². The number of hydrogen-bond donors (Lipinski definition) is 0. The lowest BCUT2D eigenvalue weighted by molar-refractivity contribution is -0.137. The van der Waals surface area contributed by atoms with Crippen molar-refractivity contribution in [3.63, 3.8) is 0 Å². The molecule has 23 heavy (non-hydrogen) atoms. The van der Waals surface area contributed by atoms with Crippen molar-refractivity contribution in [3.05, 3.63) is 29.8 Å². The first kappa shape index (κ1) is 16.2. The predicted octanol–water partition coefficient (Wildman–Crippen LogP) is 2.29. The van der Waals surface area contributed by atoms with Crippen LogP contribution in [0, 0.1) is 18.3 Å². The zero-order valence-electron chi connectivity index (χ0n) is 13.4. The summed E-state index contributed by atoms with van der Waals surface area (Å²) >= 11 is 0. The molecule has 5 nitrogen and oxygen atoms in total. The lowest BCUT2D eigenvalue weighted by Gasteiger charge is -2.20. The first-order valence-electron chi connectivity index (χ1n) is 8.01. The van der Waals surface area contributed by atoms with Crippen molar-refractivity contribution < 1.29 is 18.0 Å². The number of nitrogens with zero attached hydrogens (tertiary/aromatic N) is 1. The van der Waals surface area contributed by atoms with Crippen LogP contribution in [0.15, 0.2) is 29.2 Å². The Labute approximate surface area is 136 Å². The summed E-state index contributed by atoms with van der Waals surface area (Å²) in [5.41, 5.74) is -0.0989. The first-order valence-corrected chi connectivity index (χ1v) is 9.45. The third kappa shape index (κ3) is 2.40. The van der Waals surface area contributed by atoms with Crippen LogP contribution in [0.25, 0.3) is 0 Å². The number of amides is 1. The second-order valence-electron chi connectivity index (χ2n) is 6.55. The molecule has 1 aliphatic carbocycles. The molecule has 6 heteroatoms. The smallest absolute Gasteiger partial charge is 0.266 e. The number of Topliss-reactive ketones (excluding diaryl/α,β-unsaturated/α-hetero) is 1. The predicted molar refractivity (Wildman–Crippen MR) is 85.1 cm³/mol. The van der Waals surface area contributed by atoms with E-state index in [0.717, 1.165) is 22.7 Å². The van der Waals surface area contributed by atoms with Gasteiger partial charge < -0.3 is 0 Å². The van der Waals surface area contributed by atoms with E-state index in [2.05, 4.69) is 0 Å². The summed E-state index contributed by atoms with van der Waals surface area (Å²) in [6.07, 6.45) is 2.49. The number of piperidine rings is 1. The van der Waals surface area contributed by atoms with E-state index >= 15 is 0 Å². The van der Waals surface area contributed by atoms with Crippen LogP contribution in [0.4, 0.5) is 0 Å². The van der Waals surface area contributed by atoms with Gasteiger partial charge in [0.15, 0.2) is 0 Å². The summed E-state index contributed by atoms with van der Waals surface area (Å²) in [6, 6.07) is 6.42. The molecule has 0 radical (unpaired) electrons. The second kappa shape index (κ2) is 5.44. The number of fused-ring (bicyclic) bond motifs is 1. The first-order chi connectivity index (χ1) is 10.8. The number of unbranched alkanes of at least 4 members (excludes halogenated alkanes) is 1. The van der Waals surface area contributed by atoms with E-state index in [4.69, 9.17) is 0 Å². The van der Waals surface area contributed by atoms with Crippen LogP contribution in [-0.2, 0) is 19.6 Å². The lowest BCUT2D eigenvalue weighted by Crippen LogP contribution is -2.39. The van der Waals surface area contributed by atoms with Gasteiger partial charge in [0, 0.05) is 18.9 Å². The van der Waals surface area contributed by atoms with E-state index in [9.17, 15) is 18.0 Å². The molecular formula is C17H21NO4S. The van der Waals surface area contributed by atoms with Gasteiger partial charge in [-0.25, -0.2) is 12.7 Å². The van der Waals surface area contributed by atoms with Crippen molar-refractivity contribution in [2.75, 3.05) is 6.54 Å². The average Bonchev–Trinajstić information content (AvgIpc) is 3.18. The molecule has 1 heterocycles. The molecule has 1 aliphatic heterocycles. The van der Waals surface area contributed by atoms with Gasteiger partial charge in [-0.3, -0.25) is 9.59 Å². The third-order valence-corrected chi connectivity index (χ3v) is 6.73. The molecule has 124 valence electrons. The molecule has 2 aliphatic rings. The fourth-order valence-corrected chi connectivity index (χ4v) is 4.88. The van der Waals surface area contributed by atoms with Crippen LogP contribution in [0.5, 0.6) is 0 Å². The van der Waals surface area contributed by atoms with Crippen molar-refractivity contribution in [1.29, 1.82) is 0 Å². The summed E-state index contributed by atoms with van der Waals surface area (Å²) < 4.78 is 26.3. The number of hydrogen-bond acceptors (Lipinski definition) is 4. The SMILES string of the molecule is CCCCC(=O)[C@]12C[C@H]1CN(S(=O)(=O)c1ccc(C)cc1)C2=O. The van der Waals surface area contributed by atoms with Crippen LogP contribution in [0.3, 0.4) is 0 Å². The van der Waals surface area contributed by atoms with Crippen molar-refractivity contribution in [2.24, 2.45) is 11.3 Å². The van der Waals surface area contributed by atoms with Gasteiger partial charge in [-0.2, -0.15) is 0 Å². The summed E-state index contributed by atoms with van der Waals surface area (Å²) in [5.74, 6) is -0.750. The summed E-state index contributed by atoms with van der Waals surface area (Å²) in [5, 5.41) is 0. The monoisotopic (exact) mass is 335 g/mol. The van der Waals surface area contributed by atoms with Gasteiger partial charge in [-0.05, 0) is 31.9 Å². The molecule has 1 aromatic rings. The van der Waals surface area contributed by atoms with Crippen LogP contribution in [0.2, 0.25) is 0 Å². The summed E-state index contributed by atoms with van der Waals surface area (Å²) in [7, 11) is -3.87. The molecule has 2 atom stereocenters. The Morgan fingerprint density at radius 1 is 1.30 bits per heavy atom. The topological polar surface area (TPSA) is 71.5 Å². The van der Waals surface area contributed by atoms with E-state index < -0.39 is 21.3 Å². The van der Waals surface area contributed by atoms with Crippen LogP contribution >= 0.6 is 0 Å². The van der Waals surface area contributed by atoms with Gasteiger partial charge in [0.1, 0.15) is 11.2 Å². The Morgan fingerprint density at radius 3 is 2.57 bits per heavy atom. The Morgan fingerprint density at radius 2 is 1.96 bits per heavy atom. The van der Waals surface area contributed by atoms with E-state index in [1.165, 1.54) is 12.1 Å². The molecule has 0 aromatic heterocycles. The number of ketones is 1. The molecule has 0 unspecified atom stereocenters. The molecule has 0 spiro atoms. The Kier molecular flexibility index (Phi) is 3.83. The molecule has 0 N–H and O–H groups in total. The number of rotatable bonds is 6. The largest absolute Gasteiger partial charge is 0.298 e. The molecule has 2 fully saturated rings. The second-order valence-corrected chi connectivity index (χ2v) is 8.42. The maximum absolute atomic E-state index is 12.7. The highest BCUT2D eigenvalue weighted by atomic mass is 32.2. The zero-order valence-corrected chi connectivity index (χ0v) is 14.2. The van der Waals surface area contributed by atoms with Crippen molar-refractivity contribution in [3.8, 4) is 0 Å². The zero-order chi connectivity index (χ0) is 16.8. The fraction of sp³-hybridized carbons (Fsp3) is 0.529. The van der Waals surface area contributed by atoms with E-state index in [1.807, 2.05) is 13.8 Å². The third-order valence-electron chi connectivity index (χ3n) is 4.96. The molecule has 1 saturated carbocycles. The minimum Gasteiger partial charge on any atom is -0.298 e. The fourth-order valence-electron chi connectivity index (χ4n) is 3.38. The normalized spacial score (nSPS) is 26.3. The maximum atomic E-state index is 12.7. The highest BCUT2D eigenvalue weighted by Gasteiger charge is 2.72. The van der Waals surface area contributed by atoms with Crippen LogP contribution < -0.4 is 0 Å². The lowest BCUT2D eigenvalue weighted by atomic mass is 9.95. The number of sulfonamides is 1. The molecule has 1 saturated heterocycles. The van der Waals surface area contributed by atoms with Crippen LogP contribution in [0.1, 0.15) is 38.2 Å². The van der Waals surface area contributed by atoms with Crippen LogP contribution in [-0.4, -0.2) is 31.0 Å². The average molecular weight is 335 g/mol. The molecule has 0 bridgehead atoms. The highest BCUT2D eigenvalue weighted by Crippen LogP contribution is 2.60. The van der Waals surface area contributed by atoms with Crippen molar-refractivity contribution in [2.45, 2.75) is 44.4 Å². The number of carbonyl (C=O) groups is 2. The number of benzene rings is 1. The van der Waals surface area contributed by atoms with Gasteiger partial charge in [-0.1, -0.05) is 31.0 Å². The van der Waals surface area contributed by atoms with E-state index in [1.54, 1.807) is 12.1 Å². The van der Waals surface area contributed by atoms with Gasteiger partial charge in [-0.15, -0.1) is 0 Å². The minimum absolute atomic E-state index is 0.0871. The number of carbonyl (C=O) groups excluding carboxylic acids is 2. The van der Waals surface area contributed by atoms with Gasteiger partial charge in [0.2, 0.25) is 5.91 Å². The molecule has 1 aromatic carbocycles. The van der Waals surface area contributed by atoms with E-state index in [-0.39, 0.29) is 23.1 Å². The van der Waals surface area contributed by atoms with E-state index in [0.29, 0.717) is 12.8 Å². The maximum Gasteiger partial charge on any atom is 0.266 e. The number of aryl methyl sites for hydroxylation is 1.